The number of carbonyl (C=O) groups is 2. The predicted molar refractivity (Wildman–Crippen MR) is 55.6 cm³/mol. The van der Waals surface area contributed by atoms with E-state index < -0.39 is 18.2 Å². The van der Waals surface area contributed by atoms with Crippen molar-refractivity contribution in [1.29, 1.82) is 0 Å². The maximum Gasteiger partial charge on any atom is 0.406 e. The van der Waals surface area contributed by atoms with Gasteiger partial charge in [-0.3, -0.25) is 15.1 Å². The Balaban J connectivity index is 4.46. The minimum Gasteiger partial charge on any atom is -0.465 e. The predicted octanol–water partition coefficient (Wildman–Crippen LogP) is 0.0596. The zero-order chi connectivity index (χ0) is 11.1. The van der Waals surface area contributed by atoms with Crippen LogP contribution in [0, 0.1) is 0 Å². The molecule has 0 aliphatic heterocycles. The van der Waals surface area contributed by atoms with Gasteiger partial charge in [-0.1, -0.05) is 0 Å². The summed E-state index contributed by atoms with van der Waals surface area (Å²) < 4.78 is 0. The highest BCUT2D eigenvalue weighted by Crippen LogP contribution is 1.94. The summed E-state index contributed by atoms with van der Waals surface area (Å²) in [6, 6.07) is 0. The molecule has 1 unspecified atom stereocenters. The van der Waals surface area contributed by atoms with Crippen molar-refractivity contribution in [2.24, 2.45) is 4.99 Å². The van der Waals surface area contributed by atoms with Gasteiger partial charge in [-0.2, -0.15) is 0 Å². The summed E-state index contributed by atoms with van der Waals surface area (Å²) in [5, 5.41) is 10.5. The Hall–Kier alpha value is -1.24. The average Bonchev–Trinajstić information content (AvgIpc) is 2.10. The fourth-order valence-electron chi connectivity index (χ4n) is 0.646. The maximum absolute atomic E-state index is 11.4. The molecule has 0 radical (unpaired) electrons. The van der Waals surface area contributed by atoms with E-state index in [0.29, 0.717) is 0 Å². The quantitative estimate of drug-likeness (QED) is 0.517. The second-order valence-electron chi connectivity index (χ2n) is 2.57. The molecule has 1 atom stereocenters. The monoisotopic (exact) mass is 219 g/mol. The van der Waals surface area contributed by atoms with Gasteiger partial charge in [0, 0.05) is 14.1 Å². The van der Waals surface area contributed by atoms with Crippen molar-refractivity contribution in [3.05, 3.63) is 0 Å². The molecule has 0 aromatic heterocycles. The molecular formula is C7H13N3O3S. The van der Waals surface area contributed by atoms with Crippen LogP contribution in [0.2, 0.25) is 0 Å². The van der Waals surface area contributed by atoms with Gasteiger partial charge in [0.25, 0.3) is 5.91 Å². The summed E-state index contributed by atoms with van der Waals surface area (Å²) in [5.74, 6) is -0.405. The molecule has 0 aliphatic carbocycles. The Morgan fingerprint density at radius 3 is 2.50 bits per heavy atom. The molecule has 7 heteroatoms. The van der Waals surface area contributed by atoms with Crippen LogP contribution in [0.3, 0.4) is 0 Å². The van der Waals surface area contributed by atoms with E-state index in [1.165, 1.54) is 36.3 Å². The number of carboxylic acid groups (broad SMARTS) is 1. The molecule has 0 saturated carbocycles. The third kappa shape index (κ3) is 4.70. The van der Waals surface area contributed by atoms with E-state index in [2.05, 4.69) is 4.99 Å². The van der Waals surface area contributed by atoms with Gasteiger partial charge in [-0.15, -0.1) is 11.8 Å². The topological polar surface area (TPSA) is 82.0 Å². The highest BCUT2D eigenvalue weighted by Gasteiger charge is 2.20. The van der Waals surface area contributed by atoms with Crippen LogP contribution in [0.15, 0.2) is 4.99 Å². The van der Waals surface area contributed by atoms with Crippen LogP contribution in [0.1, 0.15) is 0 Å². The number of carbonyl (C=O) groups excluding carboxylic acids is 1. The molecule has 0 aliphatic rings. The van der Waals surface area contributed by atoms with Gasteiger partial charge < -0.3 is 10.0 Å². The largest absolute Gasteiger partial charge is 0.465 e. The lowest BCUT2D eigenvalue weighted by molar-refractivity contribution is -0.130. The van der Waals surface area contributed by atoms with Crippen LogP contribution < -0.4 is 5.32 Å². The van der Waals surface area contributed by atoms with Crippen LogP contribution in [0.4, 0.5) is 4.79 Å². The maximum atomic E-state index is 11.4. The van der Waals surface area contributed by atoms with E-state index in [4.69, 9.17) is 5.11 Å². The van der Waals surface area contributed by atoms with Gasteiger partial charge in [-0.25, -0.2) is 4.79 Å². The van der Waals surface area contributed by atoms with E-state index in [1.807, 2.05) is 5.32 Å². The molecule has 0 aromatic rings. The van der Waals surface area contributed by atoms with Crippen molar-refractivity contribution >= 4 is 29.3 Å². The fourth-order valence-corrected chi connectivity index (χ4v) is 0.889. The van der Waals surface area contributed by atoms with Gasteiger partial charge in [-0.05, 0) is 6.26 Å². The summed E-state index contributed by atoms with van der Waals surface area (Å²) in [6.07, 6.45) is -0.569. The number of hydrogen-bond donors (Lipinski definition) is 2. The summed E-state index contributed by atoms with van der Waals surface area (Å²) >= 11 is 1.29. The molecule has 14 heavy (non-hydrogen) atoms. The number of rotatable bonds is 4. The Morgan fingerprint density at radius 2 is 2.14 bits per heavy atom. The van der Waals surface area contributed by atoms with Crippen molar-refractivity contribution in [2.45, 2.75) is 6.17 Å². The highest BCUT2D eigenvalue weighted by atomic mass is 32.2. The number of amides is 2. The molecule has 0 spiro atoms. The molecule has 0 heterocycles. The minimum absolute atomic E-state index is 0.405. The Kier molecular flexibility index (Phi) is 5.70. The molecule has 2 N–H and O–H groups in total. The van der Waals surface area contributed by atoms with Crippen molar-refractivity contribution in [1.82, 2.24) is 10.2 Å². The third-order valence-corrected chi connectivity index (χ3v) is 1.58. The number of thioether (sulfide) groups is 1. The lowest BCUT2D eigenvalue weighted by Gasteiger charge is -2.16. The zero-order valence-electron chi connectivity index (χ0n) is 8.22. The molecule has 0 fully saturated rings. The van der Waals surface area contributed by atoms with Gasteiger partial charge in [0.1, 0.15) is 0 Å². The van der Waals surface area contributed by atoms with E-state index in [1.54, 1.807) is 6.26 Å². The van der Waals surface area contributed by atoms with Crippen molar-refractivity contribution in [3.63, 3.8) is 0 Å². The molecule has 0 aromatic carbocycles. The van der Waals surface area contributed by atoms with Crippen LogP contribution in [0.25, 0.3) is 0 Å². The van der Waals surface area contributed by atoms with Gasteiger partial charge in [0.15, 0.2) is 0 Å². The Morgan fingerprint density at radius 1 is 1.57 bits per heavy atom. The number of nitrogens with zero attached hydrogens (tertiary/aromatic N) is 2. The lowest BCUT2D eigenvalue weighted by atomic mass is 10.4. The average molecular weight is 219 g/mol. The molecule has 0 bridgehead atoms. The standard InChI is InChI=1S/C7H13N3O3S/c1-10(2)6(11)5(8-4-14-3)9-7(12)13/h4-5,9H,1-3H3,(H,12,13). The lowest BCUT2D eigenvalue weighted by Crippen LogP contribution is -2.44. The van der Waals surface area contributed by atoms with E-state index in [9.17, 15) is 9.59 Å². The zero-order valence-corrected chi connectivity index (χ0v) is 9.04. The molecule has 80 valence electrons. The van der Waals surface area contributed by atoms with Gasteiger partial charge in [0.2, 0.25) is 6.17 Å². The first-order valence-corrected chi connectivity index (χ1v) is 5.03. The van der Waals surface area contributed by atoms with E-state index in [0.717, 1.165) is 0 Å². The number of hydrogen-bond acceptors (Lipinski definition) is 4. The molecular weight excluding hydrogens is 206 g/mol. The van der Waals surface area contributed by atoms with Crippen molar-refractivity contribution < 1.29 is 14.7 Å². The second-order valence-corrected chi connectivity index (χ2v) is 3.26. The van der Waals surface area contributed by atoms with Gasteiger partial charge in [0.05, 0.1) is 5.55 Å². The number of aliphatic imine (C=N–C) groups is 1. The van der Waals surface area contributed by atoms with Crippen molar-refractivity contribution in [2.75, 3.05) is 20.4 Å². The molecule has 0 rings (SSSR count). The minimum atomic E-state index is -1.27. The summed E-state index contributed by atoms with van der Waals surface area (Å²) in [4.78, 5) is 26.7. The Labute approximate surface area is 86.4 Å². The first kappa shape index (κ1) is 12.8. The van der Waals surface area contributed by atoms with Crippen LogP contribution in [-0.2, 0) is 4.79 Å². The number of likely N-dealkylation sites (N-methyl/N-ethyl adjacent to an activating group) is 1. The molecule has 0 saturated heterocycles. The summed E-state index contributed by atoms with van der Waals surface area (Å²) in [6.45, 7) is 0. The SMILES string of the molecule is CSC=NC(NC(=O)O)C(=O)N(C)C. The van der Waals surface area contributed by atoms with Crippen molar-refractivity contribution in [3.8, 4) is 0 Å². The number of nitrogens with one attached hydrogen (secondary N) is 1. The summed E-state index contributed by atoms with van der Waals surface area (Å²) in [7, 11) is 3.07. The fraction of sp³-hybridized carbons (Fsp3) is 0.571. The van der Waals surface area contributed by atoms with Gasteiger partial charge >= 0.3 is 6.09 Å². The van der Waals surface area contributed by atoms with Crippen LogP contribution in [-0.4, -0.2) is 54.1 Å². The normalized spacial score (nSPS) is 12.5. The molecule has 2 amide bonds. The smallest absolute Gasteiger partial charge is 0.406 e. The first-order valence-electron chi connectivity index (χ1n) is 3.74. The van der Waals surface area contributed by atoms with E-state index in [-0.39, 0.29) is 0 Å². The first-order chi connectivity index (χ1) is 6.49. The second kappa shape index (κ2) is 6.25. The van der Waals surface area contributed by atoms with Crippen LogP contribution in [0.5, 0.6) is 0 Å². The van der Waals surface area contributed by atoms with E-state index >= 15 is 0 Å². The third-order valence-electron chi connectivity index (χ3n) is 1.25. The molecule has 6 nitrogen and oxygen atoms in total. The summed E-state index contributed by atoms with van der Waals surface area (Å²) in [5.41, 5.74) is 1.42. The van der Waals surface area contributed by atoms with Crippen LogP contribution >= 0.6 is 11.8 Å². The highest BCUT2D eigenvalue weighted by molar-refractivity contribution is 8.11. The Bertz CT molecular complexity index is 242.